The van der Waals surface area contributed by atoms with E-state index in [1.54, 1.807) is 12.4 Å². The lowest BCUT2D eigenvalue weighted by molar-refractivity contribution is 0.0740. The fourth-order valence-corrected chi connectivity index (χ4v) is 3.73. The highest BCUT2D eigenvalue weighted by Gasteiger charge is 2.24. The Balaban J connectivity index is 1.37. The number of hydrogen-bond donors (Lipinski definition) is 0. The van der Waals surface area contributed by atoms with Gasteiger partial charge in [-0.2, -0.15) is 0 Å². The van der Waals surface area contributed by atoms with E-state index in [1.165, 1.54) is 12.8 Å². The SMILES string of the molecule is O=C(c1cnc(N2CCCC2)cn1)N1CCN(c2cccc(Cl)c2)CC1. The van der Waals surface area contributed by atoms with Crippen LogP contribution in [0.2, 0.25) is 5.02 Å². The fourth-order valence-electron chi connectivity index (χ4n) is 3.54. The molecule has 0 unspecified atom stereocenters. The van der Waals surface area contributed by atoms with E-state index in [1.807, 2.05) is 29.2 Å². The number of carbonyl (C=O) groups is 1. The number of carbonyl (C=O) groups excluding carboxylic acids is 1. The molecule has 1 aromatic heterocycles. The highest BCUT2D eigenvalue weighted by molar-refractivity contribution is 6.30. The number of piperazine rings is 1. The fraction of sp³-hybridized carbons (Fsp3) is 0.421. The highest BCUT2D eigenvalue weighted by Crippen LogP contribution is 2.21. The van der Waals surface area contributed by atoms with Gasteiger partial charge in [-0.3, -0.25) is 4.79 Å². The van der Waals surface area contributed by atoms with E-state index < -0.39 is 0 Å². The molecule has 2 aliphatic rings. The van der Waals surface area contributed by atoms with Gasteiger partial charge in [-0.25, -0.2) is 9.97 Å². The van der Waals surface area contributed by atoms with Crippen LogP contribution in [0, 0.1) is 0 Å². The van der Waals surface area contributed by atoms with Crippen molar-refractivity contribution in [3.05, 3.63) is 47.4 Å². The van der Waals surface area contributed by atoms with Crippen molar-refractivity contribution in [1.82, 2.24) is 14.9 Å². The van der Waals surface area contributed by atoms with Crippen LogP contribution in [0.4, 0.5) is 11.5 Å². The van der Waals surface area contributed by atoms with Crippen molar-refractivity contribution in [1.29, 1.82) is 0 Å². The Morgan fingerprint density at radius 1 is 0.923 bits per heavy atom. The van der Waals surface area contributed by atoms with Crippen LogP contribution in [0.15, 0.2) is 36.7 Å². The van der Waals surface area contributed by atoms with Crippen LogP contribution in [0.3, 0.4) is 0 Å². The molecule has 7 heteroatoms. The molecule has 1 aromatic carbocycles. The van der Waals surface area contributed by atoms with Gasteiger partial charge in [0.05, 0.1) is 12.4 Å². The summed E-state index contributed by atoms with van der Waals surface area (Å²) in [4.78, 5) is 27.8. The summed E-state index contributed by atoms with van der Waals surface area (Å²) < 4.78 is 0. The second kappa shape index (κ2) is 7.50. The molecule has 0 aliphatic carbocycles. The average Bonchev–Trinajstić information content (AvgIpc) is 3.23. The van der Waals surface area contributed by atoms with Crippen LogP contribution >= 0.6 is 11.6 Å². The van der Waals surface area contributed by atoms with E-state index >= 15 is 0 Å². The number of aromatic nitrogens is 2. The van der Waals surface area contributed by atoms with Gasteiger partial charge < -0.3 is 14.7 Å². The number of amides is 1. The highest BCUT2D eigenvalue weighted by atomic mass is 35.5. The molecule has 0 bridgehead atoms. The van der Waals surface area contributed by atoms with Crippen molar-refractivity contribution in [3.63, 3.8) is 0 Å². The maximum Gasteiger partial charge on any atom is 0.274 e. The minimum Gasteiger partial charge on any atom is -0.368 e. The van der Waals surface area contributed by atoms with Crippen LogP contribution in [-0.4, -0.2) is 60.0 Å². The number of hydrogen-bond acceptors (Lipinski definition) is 5. The predicted molar refractivity (Wildman–Crippen MR) is 103 cm³/mol. The summed E-state index contributed by atoms with van der Waals surface area (Å²) >= 11 is 6.07. The van der Waals surface area contributed by atoms with Gasteiger partial charge in [0.15, 0.2) is 0 Å². The minimum absolute atomic E-state index is 0.0452. The van der Waals surface area contributed by atoms with Crippen LogP contribution in [0.5, 0.6) is 0 Å². The Labute approximate surface area is 158 Å². The predicted octanol–water partition coefficient (Wildman–Crippen LogP) is 2.69. The van der Waals surface area contributed by atoms with E-state index in [2.05, 4.69) is 19.8 Å². The third-order valence-corrected chi connectivity index (χ3v) is 5.26. The largest absolute Gasteiger partial charge is 0.368 e. The van der Waals surface area contributed by atoms with Crippen LogP contribution in [0.1, 0.15) is 23.3 Å². The lowest BCUT2D eigenvalue weighted by Crippen LogP contribution is -2.49. The van der Waals surface area contributed by atoms with Crippen molar-refractivity contribution < 1.29 is 4.79 Å². The molecule has 0 radical (unpaired) electrons. The lowest BCUT2D eigenvalue weighted by atomic mass is 10.2. The van der Waals surface area contributed by atoms with Gasteiger partial charge in [0.1, 0.15) is 11.5 Å². The zero-order valence-corrected chi connectivity index (χ0v) is 15.4. The second-order valence-corrected chi connectivity index (χ2v) is 7.15. The molecule has 1 amide bonds. The van der Waals surface area contributed by atoms with Gasteiger partial charge in [0.25, 0.3) is 5.91 Å². The Morgan fingerprint density at radius 2 is 1.69 bits per heavy atom. The lowest BCUT2D eigenvalue weighted by Gasteiger charge is -2.36. The molecule has 2 aromatic rings. The Kier molecular flexibility index (Phi) is 4.93. The smallest absolute Gasteiger partial charge is 0.274 e. The van der Waals surface area contributed by atoms with E-state index in [0.29, 0.717) is 18.8 Å². The van der Waals surface area contributed by atoms with Gasteiger partial charge in [-0.05, 0) is 31.0 Å². The first-order valence-corrected chi connectivity index (χ1v) is 9.45. The molecule has 0 saturated carbocycles. The molecule has 0 spiro atoms. The molecular formula is C19H22ClN5O. The molecule has 2 aliphatic heterocycles. The van der Waals surface area contributed by atoms with Crippen LogP contribution < -0.4 is 9.80 Å². The summed E-state index contributed by atoms with van der Waals surface area (Å²) in [6.45, 7) is 4.94. The van der Waals surface area contributed by atoms with E-state index in [-0.39, 0.29) is 5.91 Å². The number of nitrogens with zero attached hydrogens (tertiary/aromatic N) is 5. The molecule has 4 rings (SSSR count). The summed E-state index contributed by atoms with van der Waals surface area (Å²) in [5.74, 6) is 0.820. The number of anilines is 2. The van der Waals surface area contributed by atoms with Gasteiger partial charge in [0.2, 0.25) is 0 Å². The van der Waals surface area contributed by atoms with Crippen molar-refractivity contribution in [3.8, 4) is 0 Å². The number of benzene rings is 1. The Hall–Kier alpha value is -2.34. The van der Waals surface area contributed by atoms with E-state index in [9.17, 15) is 4.79 Å². The molecule has 26 heavy (non-hydrogen) atoms. The Morgan fingerprint density at radius 3 is 2.35 bits per heavy atom. The van der Waals surface area contributed by atoms with Crippen molar-refractivity contribution >= 4 is 29.0 Å². The third-order valence-electron chi connectivity index (χ3n) is 5.03. The molecule has 3 heterocycles. The van der Waals surface area contributed by atoms with Gasteiger partial charge in [-0.1, -0.05) is 17.7 Å². The summed E-state index contributed by atoms with van der Waals surface area (Å²) in [6, 6.07) is 7.83. The zero-order chi connectivity index (χ0) is 17.9. The maximum absolute atomic E-state index is 12.7. The first-order valence-electron chi connectivity index (χ1n) is 9.07. The van der Waals surface area contributed by atoms with Gasteiger partial charge >= 0.3 is 0 Å². The van der Waals surface area contributed by atoms with Crippen molar-refractivity contribution in [2.24, 2.45) is 0 Å². The first-order chi connectivity index (χ1) is 12.7. The molecule has 0 N–H and O–H groups in total. The van der Waals surface area contributed by atoms with Crippen molar-refractivity contribution in [2.75, 3.05) is 49.1 Å². The van der Waals surface area contributed by atoms with E-state index in [4.69, 9.17) is 11.6 Å². The van der Waals surface area contributed by atoms with E-state index in [0.717, 1.165) is 42.7 Å². The summed E-state index contributed by atoms with van der Waals surface area (Å²) in [6.07, 6.45) is 5.72. The maximum atomic E-state index is 12.7. The molecule has 136 valence electrons. The first kappa shape index (κ1) is 17.1. The van der Waals surface area contributed by atoms with Gasteiger partial charge in [-0.15, -0.1) is 0 Å². The summed E-state index contributed by atoms with van der Waals surface area (Å²) in [5.41, 5.74) is 1.52. The topological polar surface area (TPSA) is 52.6 Å². The summed E-state index contributed by atoms with van der Waals surface area (Å²) in [7, 11) is 0. The zero-order valence-electron chi connectivity index (χ0n) is 14.6. The quantitative estimate of drug-likeness (QED) is 0.830. The normalized spacial score (nSPS) is 17.7. The molecule has 2 saturated heterocycles. The second-order valence-electron chi connectivity index (χ2n) is 6.71. The standard InChI is InChI=1S/C19H22ClN5O/c20-15-4-3-5-16(12-15)23-8-10-25(11-9-23)19(26)17-13-22-18(14-21-17)24-6-1-2-7-24/h3-5,12-14H,1-2,6-11H2. The van der Waals surface area contributed by atoms with Crippen LogP contribution in [-0.2, 0) is 0 Å². The third kappa shape index (κ3) is 3.60. The van der Waals surface area contributed by atoms with Gasteiger partial charge in [0, 0.05) is 50.0 Å². The van der Waals surface area contributed by atoms with Crippen LogP contribution in [0.25, 0.3) is 0 Å². The number of halogens is 1. The van der Waals surface area contributed by atoms with Crippen molar-refractivity contribution in [2.45, 2.75) is 12.8 Å². The number of rotatable bonds is 3. The molecular weight excluding hydrogens is 350 g/mol. The Bertz CT molecular complexity index is 768. The monoisotopic (exact) mass is 371 g/mol. The molecule has 2 fully saturated rings. The molecule has 6 nitrogen and oxygen atoms in total. The minimum atomic E-state index is -0.0452. The molecule has 0 atom stereocenters. The average molecular weight is 372 g/mol. The summed E-state index contributed by atoms with van der Waals surface area (Å²) in [5, 5.41) is 0.731.